The Labute approximate surface area is 268 Å². The molecule has 0 aromatic heterocycles. The van der Waals surface area contributed by atoms with Crippen molar-refractivity contribution in [1.82, 2.24) is 0 Å². The van der Waals surface area contributed by atoms with E-state index in [0.717, 1.165) is 36.8 Å². The van der Waals surface area contributed by atoms with Gasteiger partial charge in [-0.25, -0.2) is 4.57 Å². The van der Waals surface area contributed by atoms with Crippen LogP contribution < -0.4 is 4.52 Å². The van der Waals surface area contributed by atoms with Gasteiger partial charge in [0.25, 0.3) is 0 Å². The highest BCUT2D eigenvalue weighted by Crippen LogP contribution is 2.54. The fourth-order valence-corrected chi connectivity index (χ4v) is 6.86. The molecule has 0 N–H and O–H groups in total. The maximum Gasteiger partial charge on any atom is 0.530 e. The fourth-order valence-electron chi connectivity index (χ4n) is 5.55. The van der Waals surface area contributed by atoms with E-state index in [9.17, 15) is 4.57 Å². The first-order valence-corrected chi connectivity index (χ1v) is 19.6. The number of hydrogen-bond acceptors (Lipinski definition) is 4. The highest BCUT2D eigenvalue weighted by Gasteiger charge is 2.35. The van der Waals surface area contributed by atoms with Crippen LogP contribution in [0.4, 0.5) is 0 Å². The predicted octanol–water partition coefficient (Wildman–Crippen LogP) is 13.6. The summed E-state index contributed by atoms with van der Waals surface area (Å²) in [6, 6.07) is 6.24. The molecule has 0 aliphatic carbocycles. The van der Waals surface area contributed by atoms with Gasteiger partial charge in [0.15, 0.2) is 0 Å². The largest absolute Gasteiger partial charge is 0.530 e. The van der Waals surface area contributed by atoms with E-state index in [1.807, 2.05) is 0 Å². The highest BCUT2D eigenvalue weighted by atomic mass is 31.2. The molecule has 0 bridgehead atoms. The Morgan fingerprint density at radius 3 is 1.12 bits per heavy atom. The molecule has 1 aromatic rings. The van der Waals surface area contributed by atoms with Crippen molar-refractivity contribution < 1.29 is 18.1 Å². The lowest BCUT2D eigenvalue weighted by Gasteiger charge is -2.31. The summed E-state index contributed by atoms with van der Waals surface area (Å²) in [5.41, 5.74) is 1.72. The van der Waals surface area contributed by atoms with Gasteiger partial charge in [-0.2, -0.15) is 0 Å². The second kappa shape index (κ2) is 22.6. The second-order valence-electron chi connectivity index (χ2n) is 14.8. The molecule has 43 heavy (non-hydrogen) atoms. The maximum atomic E-state index is 14.2. The highest BCUT2D eigenvalue weighted by molar-refractivity contribution is 7.48. The molecular formula is C38H71O4P. The molecule has 0 radical (unpaired) electrons. The van der Waals surface area contributed by atoms with Crippen molar-refractivity contribution in [2.75, 3.05) is 13.2 Å². The smallest absolute Gasteiger partial charge is 0.403 e. The summed E-state index contributed by atoms with van der Waals surface area (Å²) < 4.78 is 32.7. The van der Waals surface area contributed by atoms with Crippen LogP contribution in [0.25, 0.3) is 0 Å². The molecule has 252 valence electrons. The Morgan fingerprint density at radius 1 is 0.512 bits per heavy atom. The Morgan fingerprint density at radius 2 is 0.814 bits per heavy atom. The normalized spacial score (nSPS) is 12.7. The van der Waals surface area contributed by atoms with Crippen molar-refractivity contribution in [2.45, 2.75) is 195 Å². The Bertz CT molecular complexity index is 805. The van der Waals surface area contributed by atoms with Crippen LogP contribution in [0.1, 0.15) is 195 Å². The van der Waals surface area contributed by atoms with Gasteiger partial charge in [-0.05, 0) is 23.7 Å². The molecule has 4 nitrogen and oxygen atoms in total. The summed E-state index contributed by atoms with van der Waals surface area (Å²) >= 11 is 0. The van der Waals surface area contributed by atoms with E-state index in [0.29, 0.717) is 19.0 Å². The van der Waals surface area contributed by atoms with Crippen LogP contribution in [0, 0.1) is 0 Å². The standard InChI is InChI=1S/C38H71O4P/c1-9-11-13-15-17-19-21-23-25-27-32-40-43(39,41-33-28-26-24-22-20-18-16-14-12-10-2)42-36-34(37(3,4)5)30-29-31-35(36)38(6,7)8/h29-31H,9-28,32-33H2,1-8H3. The number of rotatable bonds is 26. The van der Waals surface area contributed by atoms with E-state index in [2.05, 4.69) is 73.6 Å². The third-order valence-electron chi connectivity index (χ3n) is 8.33. The third-order valence-corrected chi connectivity index (χ3v) is 9.73. The molecule has 0 spiro atoms. The number of hydrogen-bond donors (Lipinski definition) is 0. The van der Waals surface area contributed by atoms with Crippen molar-refractivity contribution in [1.29, 1.82) is 0 Å². The molecule has 1 aromatic carbocycles. The van der Waals surface area contributed by atoms with E-state index in [-0.39, 0.29) is 10.8 Å². The minimum Gasteiger partial charge on any atom is -0.403 e. The van der Waals surface area contributed by atoms with Crippen LogP contribution in [0.5, 0.6) is 5.75 Å². The van der Waals surface area contributed by atoms with Crippen molar-refractivity contribution in [3.63, 3.8) is 0 Å². The summed E-state index contributed by atoms with van der Waals surface area (Å²) in [6.07, 6.45) is 24.9. The molecule has 0 saturated heterocycles. The zero-order chi connectivity index (χ0) is 32.0. The predicted molar refractivity (Wildman–Crippen MR) is 188 cm³/mol. The van der Waals surface area contributed by atoms with Gasteiger partial charge in [-0.15, -0.1) is 0 Å². The molecule has 0 saturated carbocycles. The van der Waals surface area contributed by atoms with Gasteiger partial charge >= 0.3 is 7.82 Å². The molecule has 0 amide bonds. The second-order valence-corrected chi connectivity index (χ2v) is 16.3. The van der Waals surface area contributed by atoms with E-state index >= 15 is 0 Å². The van der Waals surface area contributed by atoms with Crippen LogP contribution in [-0.2, 0) is 24.4 Å². The molecule has 5 heteroatoms. The van der Waals surface area contributed by atoms with E-state index < -0.39 is 7.82 Å². The van der Waals surface area contributed by atoms with E-state index in [4.69, 9.17) is 13.6 Å². The lowest BCUT2D eigenvalue weighted by Crippen LogP contribution is -2.19. The lowest BCUT2D eigenvalue weighted by molar-refractivity contribution is 0.149. The van der Waals surface area contributed by atoms with Crippen molar-refractivity contribution >= 4 is 7.82 Å². The molecular weight excluding hydrogens is 551 g/mol. The van der Waals surface area contributed by atoms with Crippen molar-refractivity contribution in [3.05, 3.63) is 29.3 Å². The number of phosphoric ester groups is 1. The Balaban J connectivity index is 2.74. The molecule has 0 aliphatic heterocycles. The molecule has 0 atom stereocenters. The first-order valence-electron chi connectivity index (χ1n) is 18.2. The fraction of sp³-hybridized carbons (Fsp3) is 0.842. The quantitative estimate of drug-likeness (QED) is 0.0761. The molecule has 1 rings (SSSR count). The minimum atomic E-state index is -3.79. The molecule has 0 heterocycles. The summed E-state index contributed by atoms with van der Waals surface area (Å²) in [7, 11) is -3.79. The van der Waals surface area contributed by atoms with Gasteiger partial charge in [0.2, 0.25) is 0 Å². The monoisotopic (exact) mass is 623 g/mol. The van der Waals surface area contributed by atoms with Crippen LogP contribution in [0.3, 0.4) is 0 Å². The average molecular weight is 623 g/mol. The Hall–Kier alpha value is -0.830. The summed E-state index contributed by atoms with van der Waals surface area (Å²) in [5, 5.41) is 0. The van der Waals surface area contributed by atoms with Gasteiger partial charge in [0.05, 0.1) is 13.2 Å². The number of para-hydroxylation sites is 1. The lowest BCUT2D eigenvalue weighted by atomic mass is 9.80. The zero-order valence-electron chi connectivity index (χ0n) is 29.9. The number of phosphoric acid groups is 1. The first kappa shape index (κ1) is 40.2. The van der Waals surface area contributed by atoms with Gasteiger partial charge < -0.3 is 4.52 Å². The first-order chi connectivity index (χ1) is 20.4. The number of unbranched alkanes of at least 4 members (excludes halogenated alkanes) is 18. The van der Waals surface area contributed by atoms with Crippen molar-refractivity contribution in [2.24, 2.45) is 0 Å². The molecule has 0 fully saturated rings. The van der Waals surface area contributed by atoms with Gasteiger partial charge in [-0.1, -0.05) is 189 Å². The molecule has 0 aliphatic rings. The topological polar surface area (TPSA) is 44.8 Å². The summed E-state index contributed by atoms with van der Waals surface area (Å²) in [4.78, 5) is 0. The van der Waals surface area contributed by atoms with Crippen LogP contribution in [0.2, 0.25) is 0 Å². The zero-order valence-corrected chi connectivity index (χ0v) is 30.8. The van der Waals surface area contributed by atoms with Crippen LogP contribution >= 0.6 is 7.82 Å². The van der Waals surface area contributed by atoms with Gasteiger partial charge in [-0.3, -0.25) is 9.05 Å². The minimum absolute atomic E-state index is 0.172. The summed E-state index contributed by atoms with van der Waals surface area (Å²) in [5.74, 6) is 0.664. The molecule has 0 unspecified atom stereocenters. The average Bonchev–Trinajstić information content (AvgIpc) is 2.93. The SMILES string of the molecule is CCCCCCCCCCCCOP(=O)(OCCCCCCCCCCCC)Oc1c(C(C)(C)C)cccc1C(C)(C)C. The maximum absolute atomic E-state index is 14.2. The van der Waals surface area contributed by atoms with Crippen LogP contribution in [-0.4, -0.2) is 13.2 Å². The van der Waals surface area contributed by atoms with Gasteiger partial charge in [0.1, 0.15) is 5.75 Å². The summed E-state index contributed by atoms with van der Waals surface area (Å²) in [6.45, 7) is 18.3. The van der Waals surface area contributed by atoms with Gasteiger partial charge in [0, 0.05) is 11.1 Å². The van der Waals surface area contributed by atoms with E-state index in [1.165, 1.54) is 103 Å². The van der Waals surface area contributed by atoms with Crippen molar-refractivity contribution in [3.8, 4) is 5.75 Å². The van der Waals surface area contributed by atoms with E-state index in [1.54, 1.807) is 0 Å². The van der Waals surface area contributed by atoms with Crippen LogP contribution in [0.15, 0.2) is 18.2 Å². The third kappa shape index (κ3) is 18.7. The Kier molecular flexibility index (Phi) is 21.2. The number of benzene rings is 1.